The number of aliphatic hydroxyl groups excluding tert-OH is 1. The Morgan fingerprint density at radius 2 is 1.80 bits per heavy atom. The SMILES string of the molecule is C=CCN1C(=O)[C@]2(O[C@H](CCn3cc([C@H](O)c4ccccc4)nn3)[C@@H](C(C)(C)F)[C@@H]2C)c2cc(N3C(=O)c4cccc5cccc3c45)ccc21. The molecule has 0 saturated carbocycles. The number of aromatic nitrogens is 3. The fraction of sp³-hybridized carbons (Fsp3) is 0.300. The lowest BCUT2D eigenvalue weighted by Crippen LogP contribution is -2.45. The first kappa shape index (κ1) is 32.0. The quantitative estimate of drug-likeness (QED) is 0.169. The standard InChI is InChI=1S/C40H38FN5O4/c1-5-20-45-31-18-17-27(46-32-16-10-14-25-13-9-15-28(34(25)32)37(46)48)22-29(31)40(38(45)49)24(2)35(39(3,4)41)33(50-40)19-21-44-23-30(42-43-44)36(47)26-11-7-6-8-12-26/h5-18,22-24,33,35-36,47H,1,19-21H2,2-4H3/t24-,33+,35-,36+,40+/m0/s1. The van der Waals surface area contributed by atoms with Crippen LogP contribution in [-0.4, -0.2) is 50.2 Å². The molecule has 1 saturated heterocycles. The van der Waals surface area contributed by atoms with Crippen LogP contribution in [0.1, 0.15) is 60.5 Å². The minimum absolute atomic E-state index is 0.149. The maximum atomic E-state index is 16.3. The van der Waals surface area contributed by atoms with Crippen LogP contribution in [0.25, 0.3) is 10.8 Å². The predicted octanol–water partition coefficient (Wildman–Crippen LogP) is 7.02. The van der Waals surface area contributed by atoms with Gasteiger partial charge in [0.2, 0.25) is 0 Å². The summed E-state index contributed by atoms with van der Waals surface area (Å²) in [6, 6.07) is 26.3. The molecular weight excluding hydrogens is 633 g/mol. The Labute approximate surface area is 289 Å². The zero-order valence-corrected chi connectivity index (χ0v) is 28.2. The van der Waals surface area contributed by atoms with E-state index < -0.39 is 35.3 Å². The van der Waals surface area contributed by atoms with Crippen molar-refractivity contribution < 1.29 is 23.8 Å². The Morgan fingerprint density at radius 1 is 1.04 bits per heavy atom. The van der Waals surface area contributed by atoms with Crippen molar-refractivity contribution >= 4 is 39.6 Å². The molecule has 0 unspecified atom stereocenters. The zero-order valence-electron chi connectivity index (χ0n) is 28.2. The molecule has 8 rings (SSSR count). The molecule has 9 nitrogen and oxygen atoms in total. The number of carbonyl (C=O) groups is 2. The van der Waals surface area contributed by atoms with E-state index in [1.165, 1.54) is 13.8 Å². The Bertz CT molecular complexity index is 2160. The highest BCUT2D eigenvalue weighted by molar-refractivity contribution is 6.28. The fourth-order valence-electron chi connectivity index (χ4n) is 8.54. The average molecular weight is 672 g/mol. The molecule has 254 valence electrons. The molecule has 5 aromatic rings. The number of amides is 2. The molecule has 3 aliphatic rings. The van der Waals surface area contributed by atoms with Gasteiger partial charge in [-0.05, 0) is 61.5 Å². The molecule has 1 fully saturated rings. The number of fused-ring (bicyclic) bond motifs is 2. The molecule has 10 heteroatoms. The highest BCUT2D eigenvalue weighted by Gasteiger charge is 2.66. The van der Waals surface area contributed by atoms with Crippen LogP contribution in [0.5, 0.6) is 0 Å². The number of aliphatic hydroxyl groups is 1. The van der Waals surface area contributed by atoms with Gasteiger partial charge in [-0.3, -0.25) is 19.2 Å². The van der Waals surface area contributed by atoms with E-state index in [-0.39, 0.29) is 18.4 Å². The Balaban J connectivity index is 1.16. The lowest BCUT2D eigenvalue weighted by molar-refractivity contribution is -0.146. The highest BCUT2D eigenvalue weighted by atomic mass is 19.1. The summed E-state index contributed by atoms with van der Waals surface area (Å²) in [5, 5.41) is 21.1. The van der Waals surface area contributed by atoms with Crippen LogP contribution in [0.15, 0.2) is 104 Å². The van der Waals surface area contributed by atoms with E-state index in [1.807, 2.05) is 91.9 Å². The van der Waals surface area contributed by atoms with Gasteiger partial charge in [-0.25, -0.2) is 4.39 Å². The van der Waals surface area contributed by atoms with Crippen molar-refractivity contribution in [3.63, 3.8) is 0 Å². The molecule has 0 aliphatic carbocycles. The highest BCUT2D eigenvalue weighted by Crippen LogP contribution is 2.59. The van der Waals surface area contributed by atoms with Crippen LogP contribution in [0.2, 0.25) is 0 Å². The summed E-state index contributed by atoms with van der Waals surface area (Å²) in [7, 11) is 0. The number of ether oxygens (including phenoxy) is 1. The molecule has 0 bridgehead atoms. The van der Waals surface area contributed by atoms with Gasteiger partial charge < -0.3 is 14.7 Å². The number of rotatable bonds is 9. The van der Waals surface area contributed by atoms with Crippen LogP contribution in [0, 0.1) is 11.8 Å². The third kappa shape index (κ3) is 4.73. The monoisotopic (exact) mass is 671 g/mol. The van der Waals surface area contributed by atoms with Gasteiger partial charge in [-0.1, -0.05) is 72.8 Å². The number of anilines is 3. The topological polar surface area (TPSA) is 101 Å². The second-order valence-electron chi connectivity index (χ2n) is 14.0. The van der Waals surface area contributed by atoms with E-state index in [2.05, 4.69) is 16.9 Å². The normalized spacial score (nSPS) is 23.3. The Kier molecular flexibility index (Phi) is 7.50. The number of hydrogen-bond donors (Lipinski definition) is 1. The molecule has 5 atom stereocenters. The minimum atomic E-state index is -1.70. The maximum Gasteiger partial charge on any atom is 0.264 e. The number of alkyl halides is 1. The van der Waals surface area contributed by atoms with E-state index in [4.69, 9.17) is 4.74 Å². The van der Waals surface area contributed by atoms with Gasteiger partial charge in [0.15, 0.2) is 5.60 Å². The number of carbonyl (C=O) groups excluding carboxylic acids is 2. The van der Waals surface area contributed by atoms with Crippen LogP contribution >= 0.6 is 0 Å². The lowest BCUT2D eigenvalue weighted by Gasteiger charge is -2.32. The van der Waals surface area contributed by atoms with Crippen molar-refractivity contribution in [2.45, 2.75) is 57.2 Å². The third-order valence-corrected chi connectivity index (χ3v) is 10.7. The van der Waals surface area contributed by atoms with Gasteiger partial charge in [0.05, 0.1) is 29.2 Å². The molecule has 1 N–H and O–H groups in total. The van der Waals surface area contributed by atoms with Crippen molar-refractivity contribution in [1.82, 2.24) is 15.0 Å². The summed E-state index contributed by atoms with van der Waals surface area (Å²) in [5.41, 5.74) is 1.17. The van der Waals surface area contributed by atoms with Crippen molar-refractivity contribution in [3.8, 4) is 0 Å². The van der Waals surface area contributed by atoms with Crippen LogP contribution in [0.4, 0.5) is 21.5 Å². The predicted molar refractivity (Wildman–Crippen MR) is 189 cm³/mol. The van der Waals surface area contributed by atoms with Crippen LogP contribution in [-0.2, 0) is 21.7 Å². The van der Waals surface area contributed by atoms with Crippen LogP contribution in [0.3, 0.4) is 0 Å². The molecule has 1 aromatic heterocycles. The van der Waals surface area contributed by atoms with E-state index >= 15 is 4.39 Å². The van der Waals surface area contributed by atoms with Crippen molar-refractivity contribution in [2.75, 3.05) is 16.3 Å². The van der Waals surface area contributed by atoms with Gasteiger partial charge in [0.1, 0.15) is 17.5 Å². The first-order valence-electron chi connectivity index (χ1n) is 17.0. The largest absolute Gasteiger partial charge is 0.382 e. The smallest absolute Gasteiger partial charge is 0.264 e. The average Bonchev–Trinajstić information content (AvgIpc) is 3.84. The first-order chi connectivity index (χ1) is 24.0. The van der Waals surface area contributed by atoms with E-state index in [9.17, 15) is 14.7 Å². The summed E-state index contributed by atoms with van der Waals surface area (Å²) in [5.74, 6) is -1.65. The van der Waals surface area contributed by atoms with Gasteiger partial charge in [0.25, 0.3) is 11.8 Å². The van der Waals surface area contributed by atoms with E-state index in [1.54, 1.807) is 26.8 Å². The second kappa shape index (κ2) is 11.7. The summed E-state index contributed by atoms with van der Waals surface area (Å²) in [4.78, 5) is 31.8. The number of benzene rings is 4. The number of hydrogen-bond acceptors (Lipinski definition) is 6. The van der Waals surface area contributed by atoms with Crippen molar-refractivity contribution in [2.24, 2.45) is 11.8 Å². The number of halogens is 1. The second-order valence-corrected chi connectivity index (χ2v) is 14.0. The minimum Gasteiger partial charge on any atom is -0.382 e. The molecule has 2 amide bonds. The Hall–Kier alpha value is -5.19. The fourth-order valence-corrected chi connectivity index (χ4v) is 8.54. The van der Waals surface area contributed by atoms with Crippen molar-refractivity contribution in [1.29, 1.82) is 0 Å². The summed E-state index contributed by atoms with van der Waals surface area (Å²) >= 11 is 0. The lowest BCUT2D eigenvalue weighted by atomic mass is 9.71. The summed E-state index contributed by atoms with van der Waals surface area (Å²) in [6.07, 6.45) is 2.09. The van der Waals surface area contributed by atoms with E-state index in [0.29, 0.717) is 46.7 Å². The third-order valence-electron chi connectivity index (χ3n) is 10.7. The zero-order chi connectivity index (χ0) is 34.9. The molecule has 1 spiro atoms. The van der Waals surface area contributed by atoms with Crippen molar-refractivity contribution in [3.05, 3.63) is 126 Å². The molecule has 0 radical (unpaired) electrons. The number of nitrogens with zero attached hydrogens (tertiary/aromatic N) is 5. The van der Waals surface area contributed by atoms with Gasteiger partial charge >= 0.3 is 0 Å². The number of aryl methyl sites for hydroxylation is 1. The molecular formula is C40H38FN5O4. The molecule has 4 aromatic carbocycles. The summed E-state index contributed by atoms with van der Waals surface area (Å²) in [6.45, 7) is 9.42. The van der Waals surface area contributed by atoms with Crippen LogP contribution < -0.4 is 9.80 Å². The van der Waals surface area contributed by atoms with Gasteiger partial charge in [-0.15, -0.1) is 11.7 Å². The maximum absolute atomic E-state index is 16.3. The Morgan fingerprint density at radius 3 is 2.54 bits per heavy atom. The first-order valence-corrected chi connectivity index (χ1v) is 17.0. The summed E-state index contributed by atoms with van der Waals surface area (Å²) < 4.78 is 24.8. The molecule has 50 heavy (non-hydrogen) atoms. The molecule has 4 heterocycles. The van der Waals surface area contributed by atoms with Gasteiger partial charge in [0, 0.05) is 41.6 Å². The van der Waals surface area contributed by atoms with E-state index in [0.717, 1.165) is 16.5 Å². The molecule has 3 aliphatic heterocycles. The van der Waals surface area contributed by atoms with Gasteiger partial charge in [-0.2, -0.15) is 0 Å².